The van der Waals surface area contributed by atoms with E-state index in [0.717, 1.165) is 19.4 Å². The van der Waals surface area contributed by atoms with E-state index >= 15 is 0 Å². The molecular formula is C11H12Cl2N2O. The van der Waals surface area contributed by atoms with Crippen LogP contribution in [0.1, 0.15) is 23.2 Å². The Morgan fingerprint density at radius 1 is 1.62 bits per heavy atom. The number of aromatic nitrogens is 1. The van der Waals surface area contributed by atoms with Crippen molar-refractivity contribution in [3.63, 3.8) is 0 Å². The van der Waals surface area contributed by atoms with Gasteiger partial charge in [0.15, 0.2) is 0 Å². The van der Waals surface area contributed by atoms with Gasteiger partial charge in [0.05, 0.1) is 10.6 Å². The molecule has 1 amide bonds. The second kappa shape index (κ2) is 5.02. The molecule has 2 rings (SSSR count). The van der Waals surface area contributed by atoms with Crippen LogP contribution in [0.3, 0.4) is 0 Å². The standard InChI is InChI=1S/C11H12Cl2N2O/c12-6-8-2-1-5-15(8)11(16)9-3-4-14-7-10(9)13/h3-4,7-8H,1-2,5-6H2. The predicted octanol–water partition coefficient (Wildman–Crippen LogP) is 2.58. The van der Waals surface area contributed by atoms with Crippen molar-refractivity contribution in [3.05, 3.63) is 29.0 Å². The maximum absolute atomic E-state index is 12.2. The number of hydrogen-bond acceptors (Lipinski definition) is 2. The van der Waals surface area contributed by atoms with Crippen LogP contribution in [0.2, 0.25) is 5.02 Å². The fraction of sp³-hybridized carbons (Fsp3) is 0.455. The number of amides is 1. The van der Waals surface area contributed by atoms with E-state index in [4.69, 9.17) is 23.2 Å². The van der Waals surface area contributed by atoms with Crippen molar-refractivity contribution in [2.45, 2.75) is 18.9 Å². The Hall–Kier alpha value is -0.800. The lowest BCUT2D eigenvalue weighted by Gasteiger charge is -2.23. The summed E-state index contributed by atoms with van der Waals surface area (Å²) >= 11 is 11.8. The van der Waals surface area contributed by atoms with Crippen LogP contribution in [-0.4, -0.2) is 34.3 Å². The van der Waals surface area contributed by atoms with Crippen LogP contribution in [0.25, 0.3) is 0 Å². The van der Waals surface area contributed by atoms with Crippen LogP contribution < -0.4 is 0 Å². The van der Waals surface area contributed by atoms with Gasteiger partial charge in [-0.2, -0.15) is 0 Å². The quantitative estimate of drug-likeness (QED) is 0.765. The second-order valence-electron chi connectivity index (χ2n) is 3.80. The van der Waals surface area contributed by atoms with Crippen molar-refractivity contribution >= 4 is 29.1 Å². The number of rotatable bonds is 2. The molecule has 0 aliphatic carbocycles. The van der Waals surface area contributed by atoms with Crippen molar-refractivity contribution in [3.8, 4) is 0 Å². The second-order valence-corrected chi connectivity index (χ2v) is 4.52. The molecule has 1 unspecified atom stereocenters. The number of carbonyl (C=O) groups excluding carboxylic acids is 1. The third-order valence-electron chi connectivity index (χ3n) is 2.82. The largest absolute Gasteiger partial charge is 0.334 e. The first-order valence-electron chi connectivity index (χ1n) is 5.20. The number of likely N-dealkylation sites (tertiary alicyclic amines) is 1. The highest BCUT2D eigenvalue weighted by atomic mass is 35.5. The first-order chi connectivity index (χ1) is 7.74. The van der Waals surface area contributed by atoms with Gasteiger partial charge < -0.3 is 4.90 Å². The molecule has 0 saturated carbocycles. The van der Waals surface area contributed by atoms with Gasteiger partial charge in [0.25, 0.3) is 5.91 Å². The summed E-state index contributed by atoms with van der Waals surface area (Å²) in [4.78, 5) is 17.9. The van der Waals surface area contributed by atoms with Gasteiger partial charge >= 0.3 is 0 Å². The Labute approximate surface area is 104 Å². The van der Waals surface area contributed by atoms with Gasteiger partial charge in [0.2, 0.25) is 0 Å². The van der Waals surface area contributed by atoms with E-state index in [9.17, 15) is 4.79 Å². The van der Waals surface area contributed by atoms with Crippen LogP contribution in [0.15, 0.2) is 18.5 Å². The number of hydrogen-bond donors (Lipinski definition) is 0. The average molecular weight is 259 g/mol. The van der Waals surface area contributed by atoms with E-state index in [0.29, 0.717) is 16.5 Å². The number of nitrogens with zero attached hydrogens (tertiary/aromatic N) is 2. The fourth-order valence-electron chi connectivity index (χ4n) is 1.97. The lowest BCUT2D eigenvalue weighted by Crippen LogP contribution is -2.36. The van der Waals surface area contributed by atoms with Gasteiger partial charge in [-0.25, -0.2) is 0 Å². The highest BCUT2D eigenvalue weighted by molar-refractivity contribution is 6.33. The Kier molecular flexibility index (Phi) is 3.66. The summed E-state index contributed by atoms with van der Waals surface area (Å²) in [6.07, 6.45) is 5.04. The van der Waals surface area contributed by atoms with Gasteiger partial charge in [-0.3, -0.25) is 9.78 Å². The minimum atomic E-state index is -0.0458. The molecule has 0 spiro atoms. The van der Waals surface area contributed by atoms with Crippen molar-refractivity contribution in [2.75, 3.05) is 12.4 Å². The maximum atomic E-state index is 12.2. The van der Waals surface area contributed by atoms with E-state index in [2.05, 4.69) is 4.98 Å². The summed E-state index contributed by atoms with van der Waals surface area (Å²) < 4.78 is 0. The Morgan fingerprint density at radius 2 is 2.44 bits per heavy atom. The summed E-state index contributed by atoms with van der Waals surface area (Å²) in [5.41, 5.74) is 0.508. The van der Waals surface area contributed by atoms with Gasteiger partial charge in [-0.15, -0.1) is 11.6 Å². The van der Waals surface area contributed by atoms with E-state index in [1.807, 2.05) is 0 Å². The third kappa shape index (κ3) is 2.15. The molecule has 0 N–H and O–H groups in total. The van der Waals surface area contributed by atoms with E-state index in [-0.39, 0.29) is 11.9 Å². The van der Waals surface area contributed by atoms with E-state index in [1.165, 1.54) is 6.20 Å². The zero-order valence-corrected chi connectivity index (χ0v) is 10.2. The molecule has 0 aromatic carbocycles. The smallest absolute Gasteiger partial charge is 0.255 e. The van der Waals surface area contributed by atoms with E-state index in [1.54, 1.807) is 17.2 Å². The van der Waals surface area contributed by atoms with Crippen molar-refractivity contribution in [1.82, 2.24) is 9.88 Å². The molecule has 1 aliphatic rings. The molecule has 16 heavy (non-hydrogen) atoms. The highest BCUT2D eigenvalue weighted by Crippen LogP contribution is 2.23. The minimum absolute atomic E-state index is 0.0458. The first kappa shape index (κ1) is 11.7. The van der Waals surface area contributed by atoms with E-state index < -0.39 is 0 Å². The molecule has 1 saturated heterocycles. The topological polar surface area (TPSA) is 33.2 Å². The van der Waals surface area contributed by atoms with Gasteiger partial charge in [0, 0.05) is 30.9 Å². The Balaban J connectivity index is 2.22. The highest BCUT2D eigenvalue weighted by Gasteiger charge is 2.29. The monoisotopic (exact) mass is 258 g/mol. The number of halogens is 2. The maximum Gasteiger partial charge on any atom is 0.255 e. The minimum Gasteiger partial charge on any atom is -0.334 e. The Morgan fingerprint density at radius 3 is 3.12 bits per heavy atom. The molecule has 86 valence electrons. The number of carbonyl (C=O) groups is 1. The summed E-state index contributed by atoms with van der Waals surface area (Å²) in [6.45, 7) is 0.759. The molecule has 5 heteroatoms. The lowest BCUT2D eigenvalue weighted by molar-refractivity contribution is 0.0749. The van der Waals surface area contributed by atoms with Crippen LogP contribution in [-0.2, 0) is 0 Å². The first-order valence-corrected chi connectivity index (χ1v) is 6.11. The SMILES string of the molecule is O=C(c1ccncc1Cl)N1CCCC1CCl. The molecule has 1 aromatic rings. The molecule has 1 fully saturated rings. The molecule has 3 nitrogen and oxygen atoms in total. The summed E-state index contributed by atoms with van der Waals surface area (Å²) in [5, 5.41) is 0.396. The fourth-order valence-corrected chi connectivity index (χ4v) is 2.49. The summed E-state index contributed by atoms with van der Waals surface area (Å²) in [5.74, 6) is 0.435. The molecule has 1 atom stereocenters. The molecule has 0 bridgehead atoms. The molecule has 1 aliphatic heterocycles. The van der Waals surface area contributed by atoms with Gasteiger partial charge in [0.1, 0.15) is 0 Å². The summed E-state index contributed by atoms with van der Waals surface area (Å²) in [7, 11) is 0. The normalized spacial score (nSPS) is 20.1. The Bertz CT molecular complexity index is 397. The van der Waals surface area contributed by atoms with Gasteiger partial charge in [-0.1, -0.05) is 11.6 Å². The molecule has 1 aromatic heterocycles. The molecule has 0 radical (unpaired) electrons. The lowest BCUT2D eigenvalue weighted by atomic mass is 10.2. The van der Waals surface area contributed by atoms with Crippen LogP contribution >= 0.6 is 23.2 Å². The number of alkyl halides is 1. The van der Waals surface area contributed by atoms with Crippen LogP contribution in [0.4, 0.5) is 0 Å². The third-order valence-corrected chi connectivity index (χ3v) is 3.48. The van der Waals surface area contributed by atoms with Crippen LogP contribution in [0, 0.1) is 0 Å². The zero-order chi connectivity index (χ0) is 11.5. The predicted molar refractivity (Wildman–Crippen MR) is 64.0 cm³/mol. The average Bonchev–Trinajstić information content (AvgIpc) is 2.77. The number of pyridine rings is 1. The van der Waals surface area contributed by atoms with Crippen molar-refractivity contribution in [2.24, 2.45) is 0 Å². The molecular weight excluding hydrogens is 247 g/mol. The summed E-state index contributed by atoms with van der Waals surface area (Å²) in [6, 6.07) is 1.78. The zero-order valence-electron chi connectivity index (χ0n) is 8.70. The van der Waals surface area contributed by atoms with Crippen molar-refractivity contribution in [1.29, 1.82) is 0 Å². The van der Waals surface area contributed by atoms with Crippen molar-refractivity contribution < 1.29 is 4.79 Å². The van der Waals surface area contributed by atoms with Crippen LogP contribution in [0.5, 0.6) is 0 Å². The molecule has 2 heterocycles. The van der Waals surface area contributed by atoms with Gasteiger partial charge in [-0.05, 0) is 18.9 Å².